The second-order valence-corrected chi connectivity index (χ2v) is 30.6. The first-order chi connectivity index (χ1) is 51.3. The lowest BCUT2D eigenvalue weighted by molar-refractivity contribution is -0.379. The van der Waals surface area contributed by atoms with Crippen LogP contribution in [0.1, 0.15) is 348 Å². The van der Waals surface area contributed by atoms with E-state index in [2.05, 4.69) is 67.8 Å². The van der Waals surface area contributed by atoms with Crippen molar-refractivity contribution >= 4 is 5.91 Å². The van der Waals surface area contributed by atoms with Crippen LogP contribution in [0.25, 0.3) is 0 Å². The molecule has 614 valence electrons. The number of allylic oxidation sites excluding steroid dienone is 9. The first-order valence-corrected chi connectivity index (χ1v) is 43.0. The van der Waals surface area contributed by atoms with Crippen molar-refractivity contribution in [3.63, 3.8) is 0 Å². The summed E-state index contributed by atoms with van der Waals surface area (Å²) in [4.78, 5) is 13.5. The van der Waals surface area contributed by atoms with Gasteiger partial charge in [-0.05, 0) is 70.6 Å². The van der Waals surface area contributed by atoms with E-state index in [1.165, 1.54) is 257 Å². The molecule has 0 radical (unpaired) electrons. The van der Waals surface area contributed by atoms with Crippen molar-refractivity contribution in [2.45, 2.75) is 452 Å². The van der Waals surface area contributed by atoms with Gasteiger partial charge in [-0.2, -0.15) is 0 Å². The van der Waals surface area contributed by atoms with Crippen LogP contribution < -0.4 is 5.32 Å². The fourth-order valence-corrected chi connectivity index (χ4v) is 14.4. The minimum absolute atomic E-state index is 0.232. The number of amides is 1. The molecule has 0 aliphatic carbocycles. The van der Waals surface area contributed by atoms with Crippen LogP contribution in [0, 0.1) is 0 Å². The summed E-state index contributed by atoms with van der Waals surface area (Å²) >= 11 is 0. The second-order valence-electron chi connectivity index (χ2n) is 30.6. The Kier molecular flexibility index (Phi) is 60.9. The maximum Gasteiger partial charge on any atom is 0.220 e. The maximum atomic E-state index is 13.5. The van der Waals surface area contributed by atoms with Gasteiger partial charge in [0.2, 0.25) is 5.91 Å². The Hall–Kier alpha value is -2.51. The third-order valence-electron chi connectivity index (χ3n) is 21.3. The van der Waals surface area contributed by atoms with Gasteiger partial charge in [-0.25, -0.2) is 0 Å². The Balaban J connectivity index is 1.36. The van der Waals surface area contributed by atoms with E-state index in [4.69, 9.17) is 28.4 Å². The quantitative estimate of drug-likeness (QED) is 0.0199. The standard InChI is InChI=1S/C86H157NO18/c1-3-5-7-9-11-13-15-17-19-21-23-25-27-29-31-32-33-34-35-36-38-39-41-43-45-47-49-51-53-55-57-59-61-63-70(91)69(87-74(92)64-62-60-58-56-54-52-50-48-46-44-42-40-37-30-28-26-24-22-20-18-16-14-12-10-8-6-4-2)68-100-84-80(98)77(95)82(72(66-89)102-84)105-86-81(99)78(96)83(73(67-90)103-86)104-85-79(97)76(94)75(93)71(65-88)101-85/h16,18,22,24,28,30,53,55,61,63,69-73,75-86,88-91,93-99H,3-15,17,19-21,23,25-27,29,31-52,54,56-60,62,64-68H2,1-2H3,(H,87,92)/b18-16-,24-22-,30-28-,55-53+,63-61+. The minimum Gasteiger partial charge on any atom is -0.394 e. The number of unbranched alkanes of at least 4 members (excludes halogenated alkanes) is 45. The maximum absolute atomic E-state index is 13.5. The average Bonchev–Trinajstić information content (AvgIpc) is 0.781. The smallest absolute Gasteiger partial charge is 0.220 e. The zero-order valence-electron chi connectivity index (χ0n) is 66.0. The summed E-state index contributed by atoms with van der Waals surface area (Å²) in [5.41, 5.74) is 0. The molecular weight excluding hydrogens is 1330 g/mol. The molecule has 3 saturated heterocycles. The number of nitrogens with one attached hydrogen (secondary N) is 1. The summed E-state index contributed by atoms with van der Waals surface area (Å²) in [5.74, 6) is -0.284. The van der Waals surface area contributed by atoms with Crippen molar-refractivity contribution in [2.75, 3.05) is 26.4 Å². The number of carbonyl (C=O) groups excluding carboxylic acids is 1. The zero-order chi connectivity index (χ0) is 76.0. The molecule has 17 atom stereocenters. The monoisotopic (exact) mass is 1490 g/mol. The summed E-state index contributed by atoms with van der Waals surface area (Å²) < 4.78 is 34.5. The molecule has 19 nitrogen and oxygen atoms in total. The molecule has 0 aromatic heterocycles. The number of aliphatic hydroxyl groups excluding tert-OH is 11. The van der Waals surface area contributed by atoms with Gasteiger partial charge >= 0.3 is 0 Å². The largest absolute Gasteiger partial charge is 0.394 e. The van der Waals surface area contributed by atoms with E-state index in [1.807, 2.05) is 6.08 Å². The summed E-state index contributed by atoms with van der Waals surface area (Å²) in [6.07, 6.45) is 59.4. The molecular formula is C86H157NO18. The molecule has 19 heteroatoms. The number of rotatable bonds is 69. The lowest BCUT2D eigenvalue weighted by Crippen LogP contribution is -2.66. The van der Waals surface area contributed by atoms with Gasteiger partial charge in [0.25, 0.3) is 0 Å². The molecule has 105 heavy (non-hydrogen) atoms. The molecule has 3 aliphatic rings. The van der Waals surface area contributed by atoms with Crippen LogP contribution in [-0.4, -0.2) is 193 Å². The summed E-state index contributed by atoms with van der Waals surface area (Å²) in [6, 6.07) is -0.996. The van der Waals surface area contributed by atoms with Crippen LogP contribution in [0.5, 0.6) is 0 Å². The first kappa shape index (κ1) is 96.7. The fraction of sp³-hybridized carbons (Fsp3) is 0.872. The van der Waals surface area contributed by atoms with Crippen molar-refractivity contribution in [1.82, 2.24) is 5.32 Å². The number of hydrogen-bond acceptors (Lipinski definition) is 18. The molecule has 12 N–H and O–H groups in total. The molecule has 0 aromatic carbocycles. The first-order valence-electron chi connectivity index (χ1n) is 43.0. The van der Waals surface area contributed by atoms with Gasteiger partial charge in [0, 0.05) is 6.42 Å². The highest BCUT2D eigenvalue weighted by atomic mass is 16.8. The van der Waals surface area contributed by atoms with E-state index < -0.39 is 124 Å². The van der Waals surface area contributed by atoms with Crippen molar-refractivity contribution in [1.29, 1.82) is 0 Å². The minimum atomic E-state index is -1.98. The molecule has 1 amide bonds. The van der Waals surface area contributed by atoms with Gasteiger partial charge < -0.3 is 89.9 Å². The van der Waals surface area contributed by atoms with Crippen LogP contribution >= 0.6 is 0 Å². The van der Waals surface area contributed by atoms with Crippen molar-refractivity contribution in [3.05, 3.63) is 60.8 Å². The molecule has 0 bridgehead atoms. The lowest BCUT2D eigenvalue weighted by Gasteiger charge is -2.48. The molecule has 3 rings (SSSR count). The van der Waals surface area contributed by atoms with Crippen LogP contribution in [0.2, 0.25) is 0 Å². The second kappa shape index (κ2) is 66.1. The molecule has 0 spiro atoms. The average molecular weight is 1490 g/mol. The van der Waals surface area contributed by atoms with Gasteiger partial charge in [0.1, 0.15) is 73.2 Å². The SMILES string of the molecule is CCCCCCC/C=C\C/C=C\C/C=C\CCCCCCCCCCCCCCC(=O)NC(COC1OC(CO)C(OC2OC(CO)C(OC3OC(CO)C(O)C(O)C3O)C(O)C2O)C(O)C1O)C(O)/C=C/CC/C=C/CCCCCCCCCCCCCCCCCCCCCCCCCCCCC. The van der Waals surface area contributed by atoms with Gasteiger partial charge in [-0.15, -0.1) is 0 Å². The van der Waals surface area contributed by atoms with E-state index in [0.29, 0.717) is 12.8 Å². The van der Waals surface area contributed by atoms with Crippen molar-refractivity contribution in [3.8, 4) is 0 Å². The molecule has 3 aliphatic heterocycles. The Morgan fingerprint density at radius 1 is 0.343 bits per heavy atom. The van der Waals surface area contributed by atoms with Crippen LogP contribution in [-0.2, 0) is 33.2 Å². The molecule has 0 saturated carbocycles. The van der Waals surface area contributed by atoms with Crippen LogP contribution in [0.15, 0.2) is 60.8 Å². The topological polar surface area (TPSA) is 307 Å². The van der Waals surface area contributed by atoms with Crippen LogP contribution in [0.3, 0.4) is 0 Å². The van der Waals surface area contributed by atoms with E-state index in [9.17, 15) is 61.0 Å². The number of ether oxygens (including phenoxy) is 6. The third-order valence-corrected chi connectivity index (χ3v) is 21.3. The zero-order valence-corrected chi connectivity index (χ0v) is 66.0. The Labute approximate surface area is 636 Å². The predicted molar refractivity (Wildman–Crippen MR) is 420 cm³/mol. The van der Waals surface area contributed by atoms with E-state index >= 15 is 0 Å². The third kappa shape index (κ3) is 45.6. The van der Waals surface area contributed by atoms with Crippen LogP contribution in [0.4, 0.5) is 0 Å². The highest BCUT2D eigenvalue weighted by molar-refractivity contribution is 5.76. The fourth-order valence-electron chi connectivity index (χ4n) is 14.4. The normalized spacial score (nSPS) is 26.0. The van der Waals surface area contributed by atoms with Crippen molar-refractivity contribution in [2.24, 2.45) is 0 Å². The number of hydrogen-bond donors (Lipinski definition) is 12. The van der Waals surface area contributed by atoms with E-state index in [1.54, 1.807) is 6.08 Å². The van der Waals surface area contributed by atoms with Gasteiger partial charge in [0.05, 0.1) is 38.6 Å². The summed E-state index contributed by atoms with van der Waals surface area (Å²) in [6.45, 7) is 1.75. The molecule has 17 unspecified atom stereocenters. The Morgan fingerprint density at radius 2 is 0.638 bits per heavy atom. The van der Waals surface area contributed by atoms with Gasteiger partial charge in [0.15, 0.2) is 18.9 Å². The summed E-state index contributed by atoms with van der Waals surface area (Å²) in [5, 5.41) is 121. The van der Waals surface area contributed by atoms with E-state index in [-0.39, 0.29) is 18.9 Å². The number of carbonyl (C=O) groups is 1. The Morgan fingerprint density at radius 3 is 1.02 bits per heavy atom. The molecule has 3 heterocycles. The van der Waals surface area contributed by atoms with Gasteiger partial charge in [-0.1, -0.05) is 331 Å². The van der Waals surface area contributed by atoms with Gasteiger partial charge in [-0.3, -0.25) is 4.79 Å². The molecule has 3 fully saturated rings. The number of aliphatic hydroxyl groups is 11. The van der Waals surface area contributed by atoms with Crippen molar-refractivity contribution < 1.29 is 89.4 Å². The Bertz CT molecular complexity index is 2130. The predicted octanol–water partition coefficient (Wildman–Crippen LogP) is 15.4. The highest BCUT2D eigenvalue weighted by Crippen LogP contribution is 2.33. The highest BCUT2D eigenvalue weighted by Gasteiger charge is 2.54. The lowest BCUT2D eigenvalue weighted by atomic mass is 9.96. The van der Waals surface area contributed by atoms with E-state index in [0.717, 1.165) is 57.8 Å². The molecule has 0 aromatic rings. The summed E-state index contributed by atoms with van der Waals surface area (Å²) in [7, 11) is 0.